The molecular weight excluding hydrogens is 743 g/mol. The van der Waals surface area contributed by atoms with E-state index in [1.165, 1.54) is 17.0 Å². The molecular formula is C37H33ClF3N9O5. The van der Waals surface area contributed by atoms with Crippen LogP contribution in [0.4, 0.5) is 18.9 Å². The standard InChI is InChI=1S/C37H33ClF3N9O5/c1-20-16-36(8-11-48(12-9-36)34(54)29-31(52)28(43-19-44-29)22-3-2-10-42-17-22)27-30(20)49(18-26(51)45-25-5-4-23(15-24(25)38)37(39,40)41)35-46-32(47-50(35)33(27)53)21-6-13-55-14-7-21/h2-6,10,15,17,19-20,52H,7-9,11-14,16,18H2,1H3,(H,45,51). The minimum Gasteiger partial charge on any atom is -0.504 e. The molecule has 1 aliphatic carbocycles. The molecule has 1 fully saturated rings. The van der Waals surface area contributed by atoms with Gasteiger partial charge in [0.25, 0.3) is 11.5 Å². The Balaban J connectivity index is 1.13. The van der Waals surface area contributed by atoms with E-state index in [1.807, 2.05) is 13.0 Å². The van der Waals surface area contributed by atoms with Crippen molar-refractivity contribution < 1.29 is 32.6 Å². The normalized spacial score (nSPS) is 18.0. The fraction of sp³-hybridized carbons (Fsp3) is 0.351. The minimum atomic E-state index is -4.61. The predicted octanol–water partition coefficient (Wildman–Crippen LogP) is 5.24. The number of likely N-dealkylation sites (tertiary alicyclic amines) is 1. The number of carbonyl (C=O) groups excluding carboxylic acids is 2. The number of piperidine rings is 1. The summed E-state index contributed by atoms with van der Waals surface area (Å²) in [6.45, 7) is 2.91. The van der Waals surface area contributed by atoms with Crippen LogP contribution in [0.2, 0.25) is 5.02 Å². The predicted molar refractivity (Wildman–Crippen MR) is 193 cm³/mol. The molecule has 1 spiro atoms. The summed E-state index contributed by atoms with van der Waals surface area (Å²) >= 11 is 6.16. The maximum atomic E-state index is 14.5. The van der Waals surface area contributed by atoms with E-state index in [2.05, 4.69) is 25.4 Å². The molecule has 284 valence electrons. The Hall–Kier alpha value is -5.68. The summed E-state index contributed by atoms with van der Waals surface area (Å²) in [5.74, 6) is -1.21. The number of fused-ring (bicyclic) bond motifs is 3. The number of nitrogens with one attached hydrogen (secondary N) is 1. The SMILES string of the molecule is CC1CC2(CCN(C(=O)c3ncnc(-c4cccnc4)c3O)CC2)c2c1n(CC(=O)Nc1ccc(C(F)(F)F)cc1Cl)c1nc(C3=CCOCC3)nn1c2=O. The molecule has 3 aliphatic rings. The summed E-state index contributed by atoms with van der Waals surface area (Å²) < 4.78 is 48.1. The van der Waals surface area contributed by atoms with Gasteiger partial charge in [-0.05, 0) is 67.5 Å². The third kappa shape index (κ3) is 6.50. The number of benzene rings is 1. The third-order valence-corrected chi connectivity index (χ3v) is 10.9. The number of rotatable bonds is 6. The lowest BCUT2D eigenvalue weighted by atomic mass is 9.73. The summed E-state index contributed by atoms with van der Waals surface area (Å²) in [6, 6.07) is 6.07. The highest BCUT2D eigenvalue weighted by atomic mass is 35.5. The van der Waals surface area contributed by atoms with Gasteiger partial charge >= 0.3 is 6.18 Å². The molecule has 5 aromatic rings. The van der Waals surface area contributed by atoms with Crippen molar-refractivity contribution in [3.63, 3.8) is 0 Å². The van der Waals surface area contributed by atoms with Crippen LogP contribution in [-0.2, 0) is 27.7 Å². The third-order valence-electron chi connectivity index (χ3n) is 10.6. The number of aromatic hydroxyl groups is 1. The summed E-state index contributed by atoms with van der Waals surface area (Å²) in [5.41, 5.74) is 0.381. The number of anilines is 1. The van der Waals surface area contributed by atoms with Crippen LogP contribution in [0.25, 0.3) is 22.6 Å². The average molecular weight is 776 g/mol. The van der Waals surface area contributed by atoms with Crippen LogP contribution in [0.1, 0.15) is 71.7 Å². The highest BCUT2D eigenvalue weighted by molar-refractivity contribution is 6.33. The number of nitrogens with zero attached hydrogens (tertiary/aromatic N) is 8. The molecule has 2 N–H and O–H groups in total. The van der Waals surface area contributed by atoms with Gasteiger partial charge in [-0.25, -0.2) is 9.97 Å². The number of carbonyl (C=O) groups is 2. The number of hydrogen-bond acceptors (Lipinski definition) is 10. The first-order valence-electron chi connectivity index (χ1n) is 17.6. The Bertz CT molecular complexity index is 2440. The summed E-state index contributed by atoms with van der Waals surface area (Å²) in [4.78, 5) is 60.6. The summed E-state index contributed by atoms with van der Waals surface area (Å²) in [5, 5.41) is 18.0. The number of amides is 2. The number of halogens is 4. The zero-order valence-corrected chi connectivity index (χ0v) is 30.1. The van der Waals surface area contributed by atoms with Gasteiger partial charge in [0.15, 0.2) is 17.3 Å². The van der Waals surface area contributed by atoms with E-state index < -0.39 is 29.0 Å². The maximum Gasteiger partial charge on any atom is 0.416 e. The van der Waals surface area contributed by atoms with Gasteiger partial charge in [-0.2, -0.15) is 22.7 Å². The number of aromatic nitrogens is 7. The minimum absolute atomic E-state index is 0.00766. The molecule has 8 rings (SSSR count). The van der Waals surface area contributed by atoms with Crippen LogP contribution >= 0.6 is 11.6 Å². The second-order valence-corrected chi connectivity index (χ2v) is 14.3. The molecule has 0 bridgehead atoms. The van der Waals surface area contributed by atoms with Gasteiger partial charge in [-0.1, -0.05) is 24.6 Å². The quantitative estimate of drug-likeness (QED) is 0.233. The molecule has 14 nitrogen and oxygen atoms in total. The molecule has 6 heterocycles. The fourth-order valence-corrected chi connectivity index (χ4v) is 8.24. The molecule has 2 amide bonds. The summed E-state index contributed by atoms with van der Waals surface area (Å²) in [6.07, 6.45) is 3.40. The van der Waals surface area contributed by atoms with Gasteiger partial charge in [0.05, 0.1) is 29.5 Å². The van der Waals surface area contributed by atoms with Crippen molar-refractivity contribution >= 4 is 40.5 Å². The number of pyridine rings is 1. The van der Waals surface area contributed by atoms with Crippen LogP contribution in [-0.4, -0.2) is 82.2 Å². The van der Waals surface area contributed by atoms with Crippen LogP contribution in [0.3, 0.4) is 0 Å². The van der Waals surface area contributed by atoms with Crippen molar-refractivity contribution in [3.8, 4) is 17.0 Å². The van der Waals surface area contributed by atoms with Crippen molar-refractivity contribution in [1.82, 2.24) is 39.0 Å². The molecule has 1 unspecified atom stereocenters. The van der Waals surface area contributed by atoms with Crippen molar-refractivity contribution in [1.29, 1.82) is 0 Å². The van der Waals surface area contributed by atoms with Crippen LogP contribution in [0.5, 0.6) is 5.75 Å². The van der Waals surface area contributed by atoms with Gasteiger partial charge in [-0.15, -0.1) is 5.10 Å². The van der Waals surface area contributed by atoms with Crippen molar-refractivity contribution in [2.45, 2.75) is 56.7 Å². The Morgan fingerprint density at radius 1 is 1.16 bits per heavy atom. The maximum absolute atomic E-state index is 14.5. The first-order chi connectivity index (χ1) is 26.3. The Morgan fingerprint density at radius 3 is 2.65 bits per heavy atom. The summed E-state index contributed by atoms with van der Waals surface area (Å²) in [7, 11) is 0. The Kier molecular flexibility index (Phi) is 9.16. The zero-order chi connectivity index (χ0) is 38.6. The second kappa shape index (κ2) is 13.9. The van der Waals surface area contributed by atoms with E-state index in [4.69, 9.17) is 21.3 Å². The topological polar surface area (TPSA) is 170 Å². The molecule has 0 saturated carbocycles. The lowest BCUT2D eigenvalue weighted by molar-refractivity contribution is -0.137. The Labute approximate surface area is 315 Å². The first-order valence-corrected chi connectivity index (χ1v) is 17.9. The molecule has 4 aromatic heterocycles. The van der Waals surface area contributed by atoms with Crippen LogP contribution < -0.4 is 10.9 Å². The van der Waals surface area contributed by atoms with Crippen LogP contribution in [0.15, 0.2) is 59.9 Å². The molecule has 1 saturated heterocycles. The van der Waals surface area contributed by atoms with E-state index >= 15 is 0 Å². The first kappa shape index (κ1) is 36.3. The molecule has 0 radical (unpaired) electrons. The smallest absolute Gasteiger partial charge is 0.416 e. The van der Waals surface area contributed by atoms with Gasteiger partial charge in [0.1, 0.15) is 18.6 Å². The van der Waals surface area contributed by atoms with Gasteiger partial charge in [0, 0.05) is 47.7 Å². The van der Waals surface area contributed by atoms with Gasteiger partial charge in [-0.3, -0.25) is 19.4 Å². The molecule has 1 aromatic carbocycles. The van der Waals surface area contributed by atoms with Crippen molar-refractivity contribution in [3.05, 3.63) is 98.8 Å². The van der Waals surface area contributed by atoms with Crippen LogP contribution in [0, 0.1) is 0 Å². The zero-order valence-electron chi connectivity index (χ0n) is 29.3. The highest BCUT2D eigenvalue weighted by Gasteiger charge is 2.49. The lowest BCUT2D eigenvalue weighted by Crippen LogP contribution is -2.46. The highest BCUT2D eigenvalue weighted by Crippen LogP contribution is 2.50. The largest absolute Gasteiger partial charge is 0.504 e. The van der Waals surface area contributed by atoms with Crippen molar-refractivity contribution in [2.24, 2.45) is 0 Å². The second-order valence-electron chi connectivity index (χ2n) is 13.9. The van der Waals surface area contributed by atoms with E-state index in [1.54, 1.807) is 27.8 Å². The lowest BCUT2D eigenvalue weighted by Gasteiger charge is -2.39. The van der Waals surface area contributed by atoms with Gasteiger partial charge in [0.2, 0.25) is 11.7 Å². The van der Waals surface area contributed by atoms with E-state index in [0.29, 0.717) is 61.5 Å². The number of hydrogen-bond donors (Lipinski definition) is 2. The number of ether oxygens (including phenoxy) is 1. The molecule has 18 heteroatoms. The Morgan fingerprint density at radius 2 is 1.96 bits per heavy atom. The molecule has 1 atom stereocenters. The number of alkyl halides is 3. The van der Waals surface area contributed by atoms with Crippen molar-refractivity contribution in [2.75, 3.05) is 31.6 Å². The molecule has 2 aliphatic heterocycles. The fourth-order valence-electron chi connectivity index (χ4n) is 8.01. The average Bonchev–Trinajstić information content (AvgIpc) is 3.75. The molecule has 55 heavy (non-hydrogen) atoms. The monoisotopic (exact) mass is 775 g/mol. The van der Waals surface area contributed by atoms with E-state index in [0.717, 1.165) is 23.8 Å². The van der Waals surface area contributed by atoms with E-state index in [-0.39, 0.29) is 64.7 Å². The van der Waals surface area contributed by atoms with E-state index in [9.17, 15) is 32.7 Å². The van der Waals surface area contributed by atoms with Gasteiger partial charge < -0.3 is 24.6 Å².